The van der Waals surface area contributed by atoms with Crippen molar-refractivity contribution >= 4 is 53.4 Å². The van der Waals surface area contributed by atoms with E-state index in [0.717, 1.165) is 0 Å². The Morgan fingerprint density at radius 2 is 0.692 bits per heavy atom. The van der Waals surface area contributed by atoms with Crippen LogP contribution in [0.5, 0.6) is 0 Å². The van der Waals surface area contributed by atoms with Gasteiger partial charge in [0, 0.05) is 0 Å². The molecule has 13 heteroatoms. The summed E-state index contributed by atoms with van der Waals surface area (Å²) in [5, 5.41) is 0. The summed E-state index contributed by atoms with van der Waals surface area (Å²) in [4.78, 5) is 51.3. The summed E-state index contributed by atoms with van der Waals surface area (Å²) in [5.74, 6) is 0. The van der Waals surface area contributed by atoms with Crippen LogP contribution in [0, 0.1) is 0 Å². The SMILES string of the molecule is O=P([O-])([O-])[O-].O=P([O-])([O-])[O-].[Ca+2].[Fe+2].[Zn+2]. The van der Waals surface area contributed by atoms with E-state index in [9.17, 15) is 0 Å². The molecule has 0 bridgehead atoms. The molecule has 8 nitrogen and oxygen atoms in total. The quantitative estimate of drug-likeness (QED) is 0.306. The Kier molecular flexibility index (Phi) is 28.9. The summed E-state index contributed by atoms with van der Waals surface area (Å²) < 4.78 is 17.1. The molecular weight excluding hydrogens is 351 g/mol. The first-order valence-corrected chi connectivity index (χ1v) is 4.38. The van der Waals surface area contributed by atoms with Crippen LogP contribution >= 0.6 is 15.6 Å². The smallest absolute Gasteiger partial charge is 0.822 e. The molecule has 0 atom stereocenters. The first kappa shape index (κ1) is 29.6. The van der Waals surface area contributed by atoms with E-state index in [0.29, 0.717) is 0 Å². The van der Waals surface area contributed by atoms with Gasteiger partial charge in [-0.25, -0.2) is 0 Å². The Morgan fingerprint density at radius 1 is 0.692 bits per heavy atom. The molecule has 0 radical (unpaired) electrons. The minimum absolute atomic E-state index is 0. The van der Waals surface area contributed by atoms with Crippen molar-refractivity contribution in [3.05, 3.63) is 0 Å². The fourth-order valence-electron chi connectivity index (χ4n) is 0. The molecule has 0 spiro atoms. The van der Waals surface area contributed by atoms with Gasteiger partial charge in [-0.3, -0.25) is 0 Å². The molecule has 13 heavy (non-hydrogen) atoms. The molecule has 0 aliphatic rings. The van der Waals surface area contributed by atoms with E-state index in [2.05, 4.69) is 0 Å². The van der Waals surface area contributed by atoms with Gasteiger partial charge in [-0.1, -0.05) is 0 Å². The number of phosphoric acid groups is 2. The number of hydrogen-bond acceptors (Lipinski definition) is 8. The fourth-order valence-corrected chi connectivity index (χ4v) is 0. The molecule has 0 amide bonds. The largest absolute Gasteiger partial charge is 2.00 e. The zero-order chi connectivity index (χ0) is 9.00. The first-order chi connectivity index (χ1) is 4.00. The third-order valence-corrected chi connectivity index (χ3v) is 0. The van der Waals surface area contributed by atoms with Gasteiger partial charge < -0.3 is 38.5 Å². The molecular formula is CaFeO8P2Zn. The van der Waals surface area contributed by atoms with Crippen LogP contribution in [0.2, 0.25) is 0 Å². The zero-order valence-corrected chi connectivity index (χ0v) is 14.0. The third-order valence-electron chi connectivity index (χ3n) is 0. The molecule has 0 saturated heterocycles. The summed E-state index contributed by atoms with van der Waals surface area (Å²) in [6.07, 6.45) is 0. The monoisotopic (exact) mass is 350 g/mol. The molecule has 0 aromatic heterocycles. The van der Waals surface area contributed by atoms with Crippen LogP contribution in [0.1, 0.15) is 0 Å². The van der Waals surface area contributed by atoms with Gasteiger partial charge >= 0.3 is 74.3 Å². The van der Waals surface area contributed by atoms with E-state index in [1.165, 1.54) is 0 Å². The summed E-state index contributed by atoms with van der Waals surface area (Å²) in [5.41, 5.74) is 0. The molecule has 70 valence electrons. The zero-order valence-electron chi connectivity index (χ0n) is 5.93. The molecule has 0 aliphatic carbocycles. The van der Waals surface area contributed by atoms with Crippen molar-refractivity contribution in [2.24, 2.45) is 0 Å². The number of hydrogen-bond donors (Lipinski definition) is 0. The molecule has 0 heterocycles. The van der Waals surface area contributed by atoms with Gasteiger partial charge in [0.15, 0.2) is 0 Å². The van der Waals surface area contributed by atoms with Crippen LogP contribution in [-0.4, -0.2) is 37.7 Å². The maximum Gasteiger partial charge on any atom is 2.00 e. The van der Waals surface area contributed by atoms with Gasteiger partial charge in [-0.05, 0) is 0 Å². The average molecular weight is 351 g/mol. The van der Waals surface area contributed by atoms with Crippen molar-refractivity contribution in [2.45, 2.75) is 0 Å². The van der Waals surface area contributed by atoms with Crippen LogP contribution in [-0.2, 0) is 45.7 Å². The van der Waals surface area contributed by atoms with E-state index in [4.69, 9.17) is 38.5 Å². The molecule has 0 aliphatic heterocycles. The first-order valence-electron chi connectivity index (χ1n) is 1.46. The Morgan fingerprint density at radius 3 is 0.692 bits per heavy atom. The Labute approximate surface area is 127 Å². The van der Waals surface area contributed by atoms with E-state index in [1.807, 2.05) is 0 Å². The fraction of sp³-hybridized carbons (Fsp3) is 0. The van der Waals surface area contributed by atoms with E-state index in [-0.39, 0.29) is 74.3 Å². The Balaban J connectivity index is -0.0000000267. The molecule has 0 saturated carbocycles. The van der Waals surface area contributed by atoms with Gasteiger partial charge in [-0.15, -0.1) is 0 Å². The summed E-state index contributed by atoms with van der Waals surface area (Å²) >= 11 is 0. The summed E-state index contributed by atoms with van der Waals surface area (Å²) in [7, 11) is -10.8. The maximum absolute atomic E-state index is 8.55. The third kappa shape index (κ3) is 339. The van der Waals surface area contributed by atoms with Crippen molar-refractivity contribution < 1.29 is 75.0 Å². The van der Waals surface area contributed by atoms with Gasteiger partial charge in [0.2, 0.25) is 0 Å². The van der Waals surface area contributed by atoms with Gasteiger partial charge in [0.1, 0.15) is 0 Å². The average Bonchev–Trinajstić information content (AvgIpc) is 1.12. The van der Waals surface area contributed by atoms with E-state index < -0.39 is 15.6 Å². The molecule has 0 fully saturated rings. The van der Waals surface area contributed by atoms with Gasteiger partial charge in [0.05, 0.1) is 0 Å². The molecule has 0 aromatic rings. The number of rotatable bonds is 0. The second-order valence-electron chi connectivity index (χ2n) is 0.894. The van der Waals surface area contributed by atoms with Crippen molar-refractivity contribution in [3.8, 4) is 0 Å². The molecule has 0 rings (SSSR count). The predicted molar refractivity (Wildman–Crippen MR) is 21.0 cm³/mol. The van der Waals surface area contributed by atoms with Crippen molar-refractivity contribution in [1.82, 2.24) is 0 Å². The standard InChI is InChI=1S/Ca.Fe.2H3O4P.Zn/c;;2*1-5(2,3)4;/h;;2*(H3,1,2,3,4);/q2*+2;;;+2/p-6. The normalized spacial score (nSPS) is 9.08. The topological polar surface area (TPSA) is 172 Å². The summed E-state index contributed by atoms with van der Waals surface area (Å²) in [6.45, 7) is 0. The van der Waals surface area contributed by atoms with Crippen LogP contribution in [0.25, 0.3) is 0 Å². The Bertz CT molecular complexity index is 134. The van der Waals surface area contributed by atoms with E-state index >= 15 is 0 Å². The Hall–Kier alpha value is 2.62. The minimum atomic E-state index is -5.39. The van der Waals surface area contributed by atoms with E-state index in [1.54, 1.807) is 0 Å². The van der Waals surface area contributed by atoms with Crippen molar-refractivity contribution in [1.29, 1.82) is 0 Å². The second kappa shape index (κ2) is 12.7. The molecule has 0 aromatic carbocycles. The summed E-state index contributed by atoms with van der Waals surface area (Å²) in [6, 6.07) is 0. The predicted octanol–water partition coefficient (Wildman–Crippen LogP) is -6.04. The molecule has 0 unspecified atom stereocenters. The van der Waals surface area contributed by atoms with Crippen molar-refractivity contribution in [2.75, 3.05) is 0 Å². The maximum atomic E-state index is 8.55. The van der Waals surface area contributed by atoms with Crippen molar-refractivity contribution in [3.63, 3.8) is 0 Å². The van der Waals surface area contributed by atoms with Crippen LogP contribution < -0.4 is 29.4 Å². The van der Waals surface area contributed by atoms with Crippen LogP contribution in [0.4, 0.5) is 0 Å². The minimum Gasteiger partial charge on any atom is -0.822 e. The van der Waals surface area contributed by atoms with Crippen LogP contribution in [0.15, 0.2) is 0 Å². The molecule has 0 N–H and O–H groups in total. The van der Waals surface area contributed by atoms with Gasteiger partial charge in [0.25, 0.3) is 0 Å². The second-order valence-corrected chi connectivity index (χ2v) is 2.68. The van der Waals surface area contributed by atoms with Gasteiger partial charge in [-0.2, -0.15) is 15.6 Å². The van der Waals surface area contributed by atoms with Crippen LogP contribution in [0.3, 0.4) is 0 Å².